The Bertz CT molecular complexity index is 531. The smallest absolute Gasteiger partial charge is 0.303 e. The van der Waals surface area contributed by atoms with Gasteiger partial charge in [0.15, 0.2) is 0 Å². The summed E-state index contributed by atoms with van der Waals surface area (Å²) in [5.41, 5.74) is 12.5. The van der Waals surface area contributed by atoms with Crippen molar-refractivity contribution in [2.45, 2.75) is 0 Å². The first-order valence-electron chi connectivity index (χ1n) is 4.51. The highest BCUT2D eigenvalue weighted by molar-refractivity contribution is 7.13. The number of nitrogens with two attached hydrogens (primary N) is 2. The first-order valence-corrected chi connectivity index (χ1v) is 5.77. The van der Waals surface area contributed by atoms with Crippen LogP contribution >= 0.6 is 22.9 Å². The summed E-state index contributed by atoms with van der Waals surface area (Å²) >= 11 is 7.33. The lowest BCUT2D eigenvalue weighted by Crippen LogP contribution is -2.72. The van der Waals surface area contributed by atoms with E-state index in [1.165, 1.54) is 11.3 Å². The Labute approximate surface area is 102 Å². The summed E-state index contributed by atoms with van der Waals surface area (Å²) in [6.45, 7) is 0. The van der Waals surface area contributed by atoms with Crippen LogP contribution in [0, 0.1) is 0 Å². The normalized spacial score (nSPS) is 10.1. The molecule has 0 saturated heterocycles. The number of halogens is 1. The average molecular weight is 254 g/mol. The van der Waals surface area contributed by atoms with Gasteiger partial charge in [0.25, 0.3) is 5.13 Å². The van der Waals surface area contributed by atoms with Crippen LogP contribution in [0.25, 0.3) is 11.3 Å². The largest absolute Gasteiger partial charge is 0.311 e. The van der Waals surface area contributed by atoms with Gasteiger partial charge in [0.1, 0.15) is 5.69 Å². The molecule has 1 aromatic heterocycles. The highest BCUT2D eigenvalue weighted by Gasteiger charge is 2.07. The van der Waals surface area contributed by atoms with Gasteiger partial charge >= 0.3 is 5.96 Å². The molecule has 0 unspecified atom stereocenters. The minimum atomic E-state index is 0.131. The third-order valence-corrected chi connectivity index (χ3v) is 2.87. The molecule has 0 bridgehead atoms. The van der Waals surface area contributed by atoms with Crippen molar-refractivity contribution in [3.8, 4) is 11.3 Å². The molecule has 1 heterocycles. The number of thiazole rings is 1. The Balaban J connectivity index is 2.35. The molecule has 4 nitrogen and oxygen atoms in total. The van der Waals surface area contributed by atoms with Crippen LogP contribution in [0.5, 0.6) is 0 Å². The summed E-state index contributed by atoms with van der Waals surface area (Å²) in [6.07, 6.45) is 0. The van der Waals surface area contributed by atoms with Crippen LogP contribution in [-0.2, 0) is 0 Å². The molecule has 0 radical (unpaired) electrons. The molecule has 0 fully saturated rings. The van der Waals surface area contributed by atoms with Crippen molar-refractivity contribution in [2.24, 2.45) is 11.5 Å². The molecule has 0 spiro atoms. The molecule has 1 aromatic carbocycles. The lowest BCUT2D eigenvalue weighted by molar-refractivity contribution is -0.355. The topological polar surface area (TPSA) is 78.9 Å². The van der Waals surface area contributed by atoms with E-state index in [1.807, 2.05) is 29.6 Å². The first kappa shape index (κ1) is 10.9. The number of benzene rings is 1. The van der Waals surface area contributed by atoms with E-state index < -0.39 is 0 Å². The minimum Gasteiger partial charge on any atom is -0.311 e. The lowest BCUT2D eigenvalue weighted by atomic mass is 10.2. The standard InChI is InChI=1S/C10H9ClN4S/c11-7-3-1-2-6(4-7)8-5-16-10(14-8)15-9(12)13/h1-5H,(H4,12,13,14,15)/p+1. The summed E-state index contributed by atoms with van der Waals surface area (Å²) < 4.78 is 0. The molecule has 0 atom stereocenters. The second kappa shape index (κ2) is 4.51. The van der Waals surface area contributed by atoms with E-state index in [2.05, 4.69) is 9.98 Å². The summed E-state index contributed by atoms with van der Waals surface area (Å²) in [6, 6.07) is 7.51. The second-order valence-electron chi connectivity index (χ2n) is 3.13. The maximum absolute atomic E-state index is 5.90. The third-order valence-electron chi connectivity index (χ3n) is 1.88. The quantitative estimate of drug-likeness (QED) is 0.537. The molecule has 0 amide bonds. The predicted molar refractivity (Wildman–Crippen MR) is 66.6 cm³/mol. The van der Waals surface area contributed by atoms with Gasteiger partial charge in [-0.1, -0.05) is 35.1 Å². The average Bonchev–Trinajstić information content (AvgIpc) is 2.65. The van der Waals surface area contributed by atoms with Crippen molar-refractivity contribution < 1.29 is 4.99 Å². The van der Waals surface area contributed by atoms with Crippen molar-refractivity contribution in [1.82, 2.24) is 4.98 Å². The molecule has 0 aliphatic carbocycles. The summed E-state index contributed by atoms with van der Waals surface area (Å²) in [7, 11) is 0. The lowest BCUT2D eigenvalue weighted by Gasteiger charge is -1.94. The maximum Gasteiger partial charge on any atom is 0.303 e. The fourth-order valence-electron chi connectivity index (χ4n) is 1.24. The van der Waals surface area contributed by atoms with Gasteiger partial charge in [-0.15, -0.1) is 4.98 Å². The van der Waals surface area contributed by atoms with Gasteiger partial charge < -0.3 is 11.5 Å². The third kappa shape index (κ3) is 2.50. The number of hydrogen-bond donors (Lipinski definition) is 3. The number of nitrogens with zero attached hydrogens (tertiary/aromatic N) is 1. The molecular weight excluding hydrogens is 244 g/mol. The first-order chi connectivity index (χ1) is 7.65. The number of guanidine groups is 1. The molecule has 6 heteroatoms. The Hall–Kier alpha value is -1.59. The van der Waals surface area contributed by atoms with E-state index in [4.69, 9.17) is 23.1 Å². The molecule has 0 saturated carbocycles. The highest BCUT2D eigenvalue weighted by atomic mass is 35.5. The van der Waals surface area contributed by atoms with Crippen LogP contribution in [0.4, 0.5) is 5.13 Å². The Morgan fingerprint density at radius 3 is 2.88 bits per heavy atom. The van der Waals surface area contributed by atoms with Crippen molar-refractivity contribution in [2.75, 3.05) is 0 Å². The highest BCUT2D eigenvalue weighted by Crippen LogP contribution is 2.24. The SMILES string of the molecule is NC(N)=[NH+]c1nc(-c2cccc(Cl)c2)cs1. The van der Waals surface area contributed by atoms with Crippen LogP contribution < -0.4 is 16.5 Å². The van der Waals surface area contributed by atoms with E-state index >= 15 is 0 Å². The zero-order valence-electron chi connectivity index (χ0n) is 8.27. The zero-order valence-corrected chi connectivity index (χ0v) is 9.85. The van der Waals surface area contributed by atoms with E-state index in [0.29, 0.717) is 10.2 Å². The van der Waals surface area contributed by atoms with Gasteiger partial charge in [-0.3, -0.25) is 0 Å². The molecule has 82 valence electrons. The molecule has 16 heavy (non-hydrogen) atoms. The van der Waals surface area contributed by atoms with Gasteiger partial charge in [-0.25, -0.2) is 4.99 Å². The van der Waals surface area contributed by atoms with Crippen LogP contribution in [0.1, 0.15) is 0 Å². The van der Waals surface area contributed by atoms with E-state index in [0.717, 1.165) is 11.3 Å². The number of nitrogens with one attached hydrogen (secondary N) is 1. The molecule has 0 aliphatic heterocycles. The van der Waals surface area contributed by atoms with Gasteiger partial charge in [0, 0.05) is 16.0 Å². The fraction of sp³-hybridized carbons (Fsp3) is 0. The van der Waals surface area contributed by atoms with Gasteiger partial charge in [-0.05, 0) is 12.1 Å². The minimum absolute atomic E-state index is 0.131. The monoisotopic (exact) mass is 253 g/mol. The van der Waals surface area contributed by atoms with E-state index in [9.17, 15) is 0 Å². The summed E-state index contributed by atoms with van der Waals surface area (Å²) in [5.74, 6) is 0.131. The Kier molecular flexibility index (Phi) is 3.07. The van der Waals surface area contributed by atoms with Crippen molar-refractivity contribution in [3.63, 3.8) is 0 Å². The van der Waals surface area contributed by atoms with E-state index in [-0.39, 0.29) is 5.96 Å². The molecule has 5 N–H and O–H groups in total. The van der Waals surface area contributed by atoms with Crippen LogP contribution in [0.2, 0.25) is 5.02 Å². The van der Waals surface area contributed by atoms with E-state index in [1.54, 1.807) is 0 Å². The molecular formula is C10H10ClN4S+. The maximum atomic E-state index is 5.90. The summed E-state index contributed by atoms with van der Waals surface area (Å²) in [5, 5.41) is 3.26. The Morgan fingerprint density at radius 2 is 2.19 bits per heavy atom. The van der Waals surface area contributed by atoms with Crippen LogP contribution in [0.3, 0.4) is 0 Å². The predicted octanol–water partition coefficient (Wildman–Crippen LogP) is 0.449. The van der Waals surface area contributed by atoms with Gasteiger partial charge in [0.05, 0.1) is 0 Å². The molecule has 2 aromatic rings. The van der Waals surface area contributed by atoms with Crippen molar-refractivity contribution in [1.29, 1.82) is 0 Å². The number of aromatic nitrogens is 1. The van der Waals surface area contributed by atoms with Crippen LogP contribution in [-0.4, -0.2) is 10.9 Å². The summed E-state index contributed by atoms with van der Waals surface area (Å²) in [4.78, 5) is 7.09. The van der Waals surface area contributed by atoms with Crippen molar-refractivity contribution in [3.05, 3.63) is 34.7 Å². The van der Waals surface area contributed by atoms with Crippen LogP contribution in [0.15, 0.2) is 29.6 Å². The molecule has 0 aliphatic rings. The van der Waals surface area contributed by atoms with Gasteiger partial charge in [0.2, 0.25) is 0 Å². The Morgan fingerprint density at radius 1 is 1.38 bits per heavy atom. The number of hydrogen-bond acceptors (Lipinski definition) is 2. The number of rotatable bonds is 2. The fourth-order valence-corrected chi connectivity index (χ4v) is 2.17. The van der Waals surface area contributed by atoms with Gasteiger partial charge in [-0.2, -0.15) is 0 Å². The zero-order chi connectivity index (χ0) is 11.5. The second-order valence-corrected chi connectivity index (χ2v) is 4.42. The van der Waals surface area contributed by atoms with Crippen molar-refractivity contribution >= 4 is 34.0 Å². The molecule has 2 rings (SSSR count).